The van der Waals surface area contributed by atoms with E-state index in [1.54, 1.807) is 31.3 Å². The minimum absolute atomic E-state index is 0.0773. The molecule has 0 spiro atoms. The summed E-state index contributed by atoms with van der Waals surface area (Å²) >= 11 is 0. The van der Waals surface area contributed by atoms with Crippen LogP contribution in [0.4, 0.5) is 10.1 Å². The highest BCUT2D eigenvalue weighted by molar-refractivity contribution is 7.89. The molecular formula is C14H16FN3O2S. The summed E-state index contributed by atoms with van der Waals surface area (Å²) in [5.41, 5.74) is 6.34. The van der Waals surface area contributed by atoms with Crippen LogP contribution in [0.2, 0.25) is 0 Å². The lowest BCUT2D eigenvalue weighted by molar-refractivity contribution is 0.415. The average Bonchev–Trinajstić information content (AvgIpc) is 2.48. The number of hydrogen-bond donors (Lipinski definition) is 1. The summed E-state index contributed by atoms with van der Waals surface area (Å²) in [5.74, 6) is -0.816. The number of benzene rings is 1. The van der Waals surface area contributed by atoms with Crippen molar-refractivity contribution < 1.29 is 12.8 Å². The Labute approximate surface area is 123 Å². The van der Waals surface area contributed by atoms with Crippen molar-refractivity contribution in [2.24, 2.45) is 0 Å². The number of nitrogens with two attached hydrogens (primary N) is 1. The zero-order valence-electron chi connectivity index (χ0n) is 11.5. The number of sulfonamides is 1. The first kappa shape index (κ1) is 15.4. The van der Waals surface area contributed by atoms with Crippen LogP contribution >= 0.6 is 0 Å². The summed E-state index contributed by atoms with van der Waals surface area (Å²) in [6, 6.07) is 8.73. The van der Waals surface area contributed by atoms with Gasteiger partial charge in [0.2, 0.25) is 10.0 Å². The van der Waals surface area contributed by atoms with E-state index in [1.807, 2.05) is 0 Å². The zero-order chi connectivity index (χ0) is 15.5. The fourth-order valence-corrected chi connectivity index (χ4v) is 3.42. The Morgan fingerprint density at radius 2 is 2.05 bits per heavy atom. The van der Waals surface area contributed by atoms with Gasteiger partial charge in [0.25, 0.3) is 0 Å². The summed E-state index contributed by atoms with van der Waals surface area (Å²) in [4.78, 5) is 3.67. The lowest BCUT2D eigenvalue weighted by Crippen LogP contribution is -2.31. The van der Waals surface area contributed by atoms with Crippen LogP contribution in [-0.2, 0) is 16.6 Å². The number of pyridine rings is 1. The number of aromatic nitrogens is 1. The van der Waals surface area contributed by atoms with Gasteiger partial charge in [0.1, 0.15) is 10.7 Å². The van der Waals surface area contributed by atoms with Crippen LogP contribution in [-0.4, -0.2) is 24.3 Å². The van der Waals surface area contributed by atoms with Gasteiger partial charge in [-0.2, -0.15) is 4.31 Å². The van der Waals surface area contributed by atoms with E-state index in [0.29, 0.717) is 5.69 Å². The van der Waals surface area contributed by atoms with Crippen LogP contribution in [0.25, 0.3) is 0 Å². The molecule has 2 N–H and O–H groups in total. The molecule has 2 aromatic rings. The van der Waals surface area contributed by atoms with Crippen molar-refractivity contribution in [3.05, 3.63) is 54.1 Å². The molecule has 0 aliphatic rings. The average molecular weight is 309 g/mol. The van der Waals surface area contributed by atoms with Gasteiger partial charge in [-0.05, 0) is 30.3 Å². The van der Waals surface area contributed by atoms with Crippen molar-refractivity contribution in [3.63, 3.8) is 0 Å². The second kappa shape index (κ2) is 6.19. The molecule has 0 unspecified atom stereocenters. The lowest BCUT2D eigenvalue weighted by atomic mass is 10.3. The summed E-state index contributed by atoms with van der Waals surface area (Å²) in [6.45, 7) is 1.96. The van der Waals surface area contributed by atoms with Crippen molar-refractivity contribution >= 4 is 15.7 Å². The van der Waals surface area contributed by atoms with E-state index in [2.05, 4.69) is 4.98 Å². The third-order valence-corrected chi connectivity index (χ3v) is 4.93. The van der Waals surface area contributed by atoms with Crippen molar-refractivity contribution in [1.29, 1.82) is 0 Å². The Morgan fingerprint density at radius 3 is 2.67 bits per heavy atom. The zero-order valence-corrected chi connectivity index (χ0v) is 12.3. The predicted octanol–water partition coefficient (Wildman–Crippen LogP) is 2.01. The van der Waals surface area contributed by atoms with E-state index in [1.165, 1.54) is 6.07 Å². The van der Waals surface area contributed by atoms with Gasteiger partial charge >= 0.3 is 0 Å². The third-order valence-electron chi connectivity index (χ3n) is 2.99. The number of nitrogen functional groups attached to an aromatic ring is 1. The second-order valence-corrected chi connectivity index (χ2v) is 6.35. The molecule has 2 rings (SSSR count). The Bertz CT molecular complexity index is 720. The van der Waals surface area contributed by atoms with Gasteiger partial charge in [-0.1, -0.05) is 13.0 Å². The molecule has 112 valence electrons. The van der Waals surface area contributed by atoms with E-state index >= 15 is 0 Å². The molecule has 0 bridgehead atoms. The Morgan fingerprint density at radius 1 is 1.29 bits per heavy atom. The van der Waals surface area contributed by atoms with Crippen LogP contribution in [0, 0.1) is 5.82 Å². The first-order valence-corrected chi connectivity index (χ1v) is 7.84. The minimum Gasteiger partial charge on any atom is -0.399 e. The largest absolute Gasteiger partial charge is 0.399 e. The van der Waals surface area contributed by atoms with Crippen LogP contribution < -0.4 is 5.73 Å². The molecule has 0 aliphatic heterocycles. The molecule has 1 aromatic carbocycles. The summed E-state index contributed by atoms with van der Waals surface area (Å²) in [5, 5.41) is 0. The van der Waals surface area contributed by atoms with Gasteiger partial charge < -0.3 is 5.73 Å². The van der Waals surface area contributed by atoms with E-state index in [9.17, 15) is 12.8 Å². The summed E-state index contributed by atoms with van der Waals surface area (Å²) < 4.78 is 40.1. The molecule has 1 aromatic heterocycles. The Kier molecular flexibility index (Phi) is 4.54. The van der Waals surface area contributed by atoms with E-state index in [0.717, 1.165) is 16.4 Å². The molecule has 1 heterocycles. The maximum absolute atomic E-state index is 13.8. The summed E-state index contributed by atoms with van der Waals surface area (Å²) in [7, 11) is -3.96. The molecular weight excluding hydrogens is 293 g/mol. The van der Waals surface area contributed by atoms with E-state index in [4.69, 9.17) is 5.73 Å². The maximum atomic E-state index is 13.8. The molecule has 0 amide bonds. The van der Waals surface area contributed by atoms with Crippen molar-refractivity contribution in [3.8, 4) is 0 Å². The predicted molar refractivity (Wildman–Crippen MR) is 78.3 cm³/mol. The first-order valence-electron chi connectivity index (χ1n) is 6.40. The number of rotatable bonds is 5. The molecule has 0 radical (unpaired) electrons. The van der Waals surface area contributed by atoms with Gasteiger partial charge in [0.15, 0.2) is 0 Å². The normalized spacial score (nSPS) is 11.8. The number of nitrogens with zero attached hydrogens (tertiary/aromatic N) is 2. The third kappa shape index (κ3) is 3.37. The summed E-state index contributed by atoms with van der Waals surface area (Å²) in [6.07, 6.45) is 1.58. The Hall–Kier alpha value is -1.99. The number of anilines is 1. The first-order chi connectivity index (χ1) is 9.95. The number of halogens is 1. The van der Waals surface area contributed by atoms with Gasteiger partial charge in [-0.3, -0.25) is 4.98 Å². The van der Waals surface area contributed by atoms with Gasteiger partial charge in [0, 0.05) is 18.4 Å². The molecule has 21 heavy (non-hydrogen) atoms. The van der Waals surface area contributed by atoms with Crippen LogP contribution in [0.5, 0.6) is 0 Å². The Balaban J connectivity index is 2.38. The molecule has 0 aliphatic carbocycles. The standard InChI is InChI=1S/C14H16FN3O2S/c1-2-18(10-12-5-3-4-8-17-12)21(19,20)14-9-11(16)6-7-13(14)15/h3-9H,2,10,16H2,1H3. The van der Waals surface area contributed by atoms with Crippen molar-refractivity contribution in [1.82, 2.24) is 9.29 Å². The molecule has 0 saturated heterocycles. The van der Waals surface area contributed by atoms with Gasteiger partial charge in [-0.15, -0.1) is 0 Å². The molecule has 0 fully saturated rings. The van der Waals surface area contributed by atoms with Gasteiger partial charge in [-0.25, -0.2) is 12.8 Å². The molecule has 5 nitrogen and oxygen atoms in total. The van der Waals surface area contributed by atoms with Crippen LogP contribution in [0.15, 0.2) is 47.5 Å². The monoisotopic (exact) mass is 309 g/mol. The highest BCUT2D eigenvalue weighted by Gasteiger charge is 2.27. The van der Waals surface area contributed by atoms with Crippen molar-refractivity contribution in [2.75, 3.05) is 12.3 Å². The van der Waals surface area contributed by atoms with Crippen LogP contribution in [0.3, 0.4) is 0 Å². The smallest absolute Gasteiger partial charge is 0.246 e. The van der Waals surface area contributed by atoms with E-state index in [-0.39, 0.29) is 18.8 Å². The second-order valence-electron chi connectivity index (χ2n) is 4.44. The lowest BCUT2D eigenvalue weighted by Gasteiger charge is -2.20. The maximum Gasteiger partial charge on any atom is 0.246 e. The quantitative estimate of drug-likeness (QED) is 0.857. The van der Waals surface area contributed by atoms with Gasteiger partial charge in [0.05, 0.1) is 12.2 Å². The van der Waals surface area contributed by atoms with Crippen LogP contribution in [0.1, 0.15) is 12.6 Å². The fourth-order valence-electron chi connectivity index (χ4n) is 1.90. The fraction of sp³-hybridized carbons (Fsp3) is 0.214. The number of hydrogen-bond acceptors (Lipinski definition) is 4. The topological polar surface area (TPSA) is 76.3 Å². The highest BCUT2D eigenvalue weighted by Crippen LogP contribution is 2.22. The highest BCUT2D eigenvalue weighted by atomic mass is 32.2. The molecule has 7 heteroatoms. The molecule has 0 saturated carbocycles. The van der Waals surface area contributed by atoms with Crippen molar-refractivity contribution in [2.45, 2.75) is 18.4 Å². The minimum atomic E-state index is -3.96. The SMILES string of the molecule is CCN(Cc1ccccn1)S(=O)(=O)c1cc(N)ccc1F. The molecule has 0 atom stereocenters. The van der Waals surface area contributed by atoms with E-state index < -0.39 is 20.7 Å².